The Kier molecular flexibility index (Phi) is 2.82. The van der Waals surface area contributed by atoms with Gasteiger partial charge in [0.15, 0.2) is 5.82 Å². The minimum Gasteiger partial charge on any atom is -0.310 e. The molecule has 0 fully saturated rings. The van der Waals surface area contributed by atoms with Crippen molar-refractivity contribution in [3.05, 3.63) is 17.3 Å². The molecule has 2 aromatic rings. The molecule has 1 aliphatic rings. The molecule has 0 unspecified atom stereocenters. The number of anilines is 1. The molecule has 100 valence electrons. The van der Waals surface area contributed by atoms with Crippen molar-refractivity contribution in [2.45, 2.75) is 32.9 Å². The molecule has 0 aromatic carbocycles. The van der Waals surface area contributed by atoms with Gasteiger partial charge in [0.25, 0.3) is 0 Å². The summed E-state index contributed by atoms with van der Waals surface area (Å²) in [5.41, 5.74) is 1.52. The van der Waals surface area contributed by atoms with Crippen LogP contribution in [0.1, 0.15) is 26.3 Å². The smallest absolute Gasteiger partial charge is 0.227 e. The zero-order valence-electron chi connectivity index (χ0n) is 10.7. The van der Waals surface area contributed by atoms with Gasteiger partial charge in [0.2, 0.25) is 5.91 Å². The second-order valence-electron chi connectivity index (χ2n) is 4.79. The van der Waals surface area contributed by atoms with Crippen molar-refractivity contribution >= 4 is 23.3 Å². The van der Waals surface area contributed by atoms with E-state index in [0.29, 0.717) is 29.5 Å². The molecule has 0 saturated heterocycles. The van der Waals surface area contributed by atoms with Crippen molar-refractivity contribution in [2.75, 3.05) is 5.32 Å². The first-order chi connectivity index (χ1) is 9.08. The molecule has 0 saturated carbocycles. The van der Waals surface area contributed by atoms with Crippen molar-refractivity contribution in [3.8, 4) is 11.4 Å². The van der Waals surface area contributed by atoms with Crippen molar-refractivity contribution < 1.29 is 4.79 Å². The maximum atomic E-state index is 11.4. The van der Waals surface area contributed by atoms with Gasteiger partial charge in [-0.05, 0) is 19.9 Å². The highest BCUT2D eigenvalue weighted by molar-refractivity contribution is 6.36. The Hall–Kier alpha value is -1.82. The van der Waals surface area contributed by atoms with E-state index in [1.807, 2.05) is 24.6 Å². The van der Waals surface area contributed by atoms with Crippen molar-refractivity contribution in [2.24, 2.45) is 0 Å². The standard InChI is InChI=1S/C12H14ClN5O/c1-7(2)18-8(3-5-14-18)11-10(13)12-15-9(19)4-6-17(12)16-11/h3,5,7H,4,6H2,1-2H3,(H,15,19). The zero-order valence-corrected chi connectivity index (χ0v) is 11.5. The summed E-state index contributed by atoms with van der Waals surface area (Å²) >= 11 is 6.34. The summed E-state index contributed by atoms with van der Waals surface area (Å²) in [6.07, 6.45) is 2.15. The molecule has 1 aliphatic heterocycles. The van der Waals surface area contributed by atoms with Crippen LogP contribution in [0.2, 0.25) is 5.02 Å². The summed E-state index contributed by atoms with van der Waals surface area (Å²) < 4.78 is 3.60. The zero-order chi connectivity index (χ0) is 13.6. The topological polar surface area (TPSA) is 64.7 Å². The van der Waals surface area contributed by atoms with Gasteiger partial charge < -0.3 is 5.32 Å². The molecular formula is C12H14ClN5O. The number of rotatable bonds is 2. The monoisotopic (exact) mass is 279 g/mol. The Morgan fingerprint density at radius 2 is 2.26 bits per heavy atom. The molecule has 0 aliphatic carbocycles. The lowest BCUT2D eigenvalue weighted by Crippen LogP contribution is -2.23. The summed E-state index contributed by atoms with van der Waals surface area (Å²) in [6, 6.07) is 2.09. The first-order valence-electron chi connectivity index (χ1n) is 6.18. The molecular weight excluding hydrogens is 266 g/mol. The van der Waals surface area contributed by atoms with E-state index in [1.165, 1.54) is 0 Å². The molecule has 0 atom stereocenters. The quantitative estimate of drug-likeness (QED) is 0.917. The highest BCUT2D eigenvalue weighted by atomic mass is 35.5. The minimum atomic E-state index is -0.0294. The second-order valence-corrected chi connectivity index (χ2v) is 5.17. The lowest BCUT2D eigenvalue weighted by molar-refractivity contribution is -0.116. The van der Waals surface area contributed by atoms with Crippen molar-refractivity contribution in [1.82, 2.24) is 19.6 Å². The van der Waals surface area contributed by atoms with E-state index in [1.54, 1.807) is 10.9 Å². The predicted molar refractivity (Wildman–Crippen MR) is 72.1 cm³/mol. The molecule has 0 radical (unpaired) electrons. The first-order valence-corrected chi connectivity index (χ1v) is 6.55. The van der Waals surface area contributed by atoms with E-state index in [9.17, 15) is 4.79 Å². The lowest BCUT2D eigenvalue weighted by atomic mass is 10.2. The fourth-order valence-electron chi connectivity index (χ4n) is 2.20. The van der Waals surface area contributed by atoms with E-state index in [4.69, 9.17) is 11.6 Å². The van der Waals surface area contributed by atoms with E-state index in [2.05, 4.69) is 15.5 Å². The predicted octanol–water partition coefficient (Wildman–Crippen LogP) is 2.32. The largest absolute Gasteiger partial charge is 0.310 e. The van der Waals surface area contributed by atoms with E-state index >= 15 is 0 Å². The molecule has 3 rings (SSSR count). The van der Waals surface area contributed by atoms with Crippen LogP contribution in [0.25, 0.3) is 11.4 Å². The van der Waals surface area contributed by atoms with Crippen LogP contribution in [-0.4, -0.2) is 25.5 Å². The molecule has 7 heteroatoms. The number of aryl methyl sites for hydroxylation is 1. The Bertz CT molecular complexity index is 643. The summed E-state index contributed by atoms with van der Waals surface area (Å²) in [6.45, 7) is 4.64. The van der Waals surface area contributed by atoms with Gasteiger partial charge in [-0.15, -0.1) is 0 Å². The minimum absolute atomic E-state index is 0.0294. The van der Waals surface area contributed by atoms with Gasteiger partial charge in [-0.2, -0.15) is 10.2 Å². The van der Waals surface area contributed by atoms with Crippen molar-refractivity contribution in [3.63, 3.8) is 0 Å². The van der Waals surface area contributed by atoms with Crippen LogP contribution < -0.4 is 5.32 Å². The molecule has 19 heavy (non-hydrogen) atoms. The molecule has 3 heterocycles. The summed E-state index contributed by atoms with van der Waals surface area (Å²) in [4.78, 5) is 11.4. The molecule has 1 amide bonds. The van der Waals surface area contributed by atoms with Gasteiger partial charge in [0, 0.05) is 18.7 Å². The van der Waals surface area contributed by atoms with Crippen LogP contribution in [0.5, 0.6) is 0 Å². The van der Waals surface area contributed by atoms with Gasteiger partial charge in [0.05, 0.1) is 12.2 Å². The van der Waals surface area contributed by atoms with Crippen molar-refractivity contribution in [1.29, 1.82) is 0 Å². The third-order valence-electron chi connectivity index (χ3n) is 3.11. The summed E-state index contributed by atoms with van der Waals surface area (Å²) in [5, 5.41) is 12.0. The third-order valence-corrected chi connectivity index (χ3v) is 3.46. The Morgan fingerprint density at radius 3 is 3.00 bits per heavy atom. The van der Waals surface area contributed by atoms with Gasteiger partial charge in [-0.3, -0.25) is 9.48 Å². The summed E-state index contributed by atoms with van der Waals surface area (Å²) in [5.74, 6) is 0.544. The first kappa shape index (κ1) is 12.2. The second kappa shape index (κ2) is 4.38. The number of carbonyl (C=O) groups is 1. The van der Waals surface area contributed by atoms with Crippen LogP contribution in [-0.2, 0) is 11.3 Å². The highest BCUT2D eigenvalue weighted by Crippen LogP contribution is 2.35. The number of hydrogen-bond acceptors (Lipinski definition) is 3. The Morgan fingerprint density at radius 1 is 1.47 bits per heavy atom. The maximum Gasteiger partial charge on any atom is 0.227 e. The fourth-order valence-corrected chi connectivity index (χ4v) is 2.48. The molecule has 0 bridgehead atoms. The highest BCUT2D eigenvalue weighted by Gasteiger charge is 2.25. The van der Waals surface area contributed by atoms with Crippen LogP contribution in [0.3, 0.4) is 0 Å². The number of fused-ring (bicyclic) bond motifs is 1. The lowest BCUT2D eigenvalue weighted by Gasteiger charge is -2.13. The van der Waals surface area contributed by atoms with E-state index < -0.39 is 0 Å². The van der Waals surface area contributed by atoms with Gasteiger partial charge >= 0.3 is 0 Å². The number of nitrogens with zero attached hydrogens (tertiary/aromatic N) is 4. The van der Waals surface area contributed by atoms with E-state index in [0.717, 1.165) is 5.69 Å². The average Bonchev–Trinajstić information content (AvgIpc) is 2.95. The number of hydrogen-bond donors (Lipinski definition) is 1. The Labute approximate surface area is 115 Å². The van der Waals surface area contributed by atoms with Crippen LogP contribution in [0, 0.1) is 0 Å². The number of carbonyl (C=O) groups excluding carboxylic acids is 1. The Balaban J connectivity index is 2.11. The molecule has 0 spiro atoms. The number of aromatic nitrogens is 4. The molecule has 2 aromatic heterocycles. The number of amides is 1. The van der Waals surface area contributed by atoms with Gasteiger partial charge in [0.1, 0.15) is 10.7 Å². The number of halogens is 1. The fraction of sp³-hybridized carbons (Fsp3) is 0.417. The van der Waals surface area contributed by atoms with Crippen LogP contribution in [0.15, 0.2) is 12.3 Å². The van der Waals surface area contributed by atoms with Gasteiger partial charge in [-0.25, -0.2) is 4.68 Å². The molecule has 1 N–H and O–H groups in total. The normalized spacial score (nSPS) is 14.6. The third kappa shape index (κ3) is 1.92. The van der Waals surface area contributed by atoms with E-state index in [-0.39, 0.29) is 11.9 Å². The summed E-state index contributed by atoms with van der Waals surface area (Å²) in [7, 11) is 0. The van der Waals surface area contributed by atoms with Gasteiger partial charge in [-0.1, -0.05) is 11.6 Å². The SMILES string of the molecule is CC(C)n1nccc1-c1nn2c(c1Cl)NC(=O)CC2. The van der Waals surface area contributed by atoms with Crippen LogP contribution in [0.4, 0.5) is 5.82 Å². The number of nitrogens with one attached hydrogen (secondary N) is 1. The average molecular weight is 280 g/mol. The van der Waals surface area contributed by atoms with Crippen LogP contribution >= 0.6 is 11.6 Å². The maximum absolute atomic E-state index is 11.4. The molecule has 6 nitrogen and oxygen atoms in total.